The highest BCUT2D eigenvalue weighted by Gasteiger charge is 2.50. The van der Waals surface area contributed by atoms with Gasteiger partial charge >= 0.3 is 0 Å². The molecular weight excluding hydrogens is 320 g/mol. The number of fused-ring (bicyclic) bond motifs is 2. The Morgan fingerprint density at radius 1 is 1.36 bits per heavy atom. The van der Waals surface area contributed by atoms with E-state index in [1.54, 1.807) is 19.2 Å². The standard InChI is InChI=1S/C18H24N4O3/c1-11-19-7-6-14(21-11)17(23)20-10-12-9-13-4-5-15(12)22(13)18(24)16-3-2-8-25-16/h6-7,12-13,15-16H,2-5,8-10H2,1H3,(H,20,23)/t12?,13?,15?,16-/m0/s1. The van der Waals surface area contributed by atoms with E-state index in [0.717, 1.165) is 32.1 Å². The van der Waals surface area contributed by atoms with Crippen LogP contribution in [0.1, 0.15) is 48.4 Å². The molecule has 2 amide bonds. The van der Waals surface area contributed by atoms with Gasteiger partial charge in [-0.2, -0.15) is 0 Å². The Morgan fingerprint density at radius 2 is 2.24 bits per heavy atom. The Kier molecular flexibility index (Phi) is 4.41. The summed E-state index contributed by atoms with van der Waals surface area (Å²) < 4.78 is 5.58. The van der Waals surface area contributed by atoms with Crippen LogP contribution in [0.15, 0.2) is 12.3 Å². The number of ether oxygens (including phenoxy) is 1. The van der Waals surface area contributed by atoms with Gasteiger partial charge in [0.05, 0.1) is 0 Å². The summed E-state index contributed by atoms with van der Waals surface area (Å²) in [6, 6.07) is 2.16. The molecule has 1 N–H and O–H groups in total. The number of carbonyl (C=O) groups is 2. The van der Waals surface area contributed by atoms with E-state index >= 15 is 0 Å². The molecule has 3 aliphatic rings. The van der Waals surface area contributed by atoms with Crippen molar-refractivity contribution < 1.29 is 14.3 Å². The van der Waals surface area contributed by atoms with E-state index in [1.165, 1.54) is 0 Å². The molecule has 1 aromatic heterocycles. The van der Waals surface area contributed by atoms with Crippen LogP contribution in [0.3, 0.4) is 0 Å². The molecule has 0 aromatic carbocycles. The van der Waals surface area contributed by atoms with Crippen LogP contribution >= 0.6 is 0 Å². The van der Waals surface area contributed by atoms with Crippen molar-refractivity contribution in [2.75, 3.05) is 13.2 Å². The number of nitrogens with zero attached hydrogens (tertiary/aromatic N) is 3. The number of aromatic nitrogens is 2. The molecule has 134 valence electrons. The molecule has 4 atom stereocenters. The van der Waals surface area contributed by atoms with Gasteiger partial charge in [0.1, 0.15) is 17.6 Å². The van der Waals surface area contributed by atoms with Crippen molar-refractivity contribution in [3.8, 4) is 0 Å². The first-order chi connectivity index (χ1) is 12.1. The van der Waals surface area contributed by atoms with Gasteiger partial charge in [-0.3, -0.25) is 9.59 Å². The van der Waals surface area contributed by atoms with Crippen molar-refractivity contribution in [1.29, 1.82) is 0 Å². The minimum absolute atomic E-state index is 0.158. The van der Waals surface area contributed by atoms with Crippen LogP contribution < -0.4 is 5.32 Å². The highest BCUT2D eigenvalue weighted by molar-refractivity contribution is 5.92. The lowest BCUT2D eigenvalue weighted by Gasteiger charge is -2.26. The lowest BCUT2D eigenvalue weighted by Crippen LogP contribution is -2.44. The fourth-order valence-corrected chi connectivity index (χ4v) is 4.51. The van der Waals surface area contributed by atoms with E-state index in [4.69, 9.17) is 4.74 Å². The average Bonchev–Trinajstić information content (AvgIpc) is 3.34. The van der Waals surface area contributed by atoms with Crippen LogP contribution in [0, 0.1) is 12.8 Å². The number of rotatable bonds is 4. The first-order valence-corrected chi connectivity index (χ1v) is 9.15. The van der Waals surface area contributed by atoms with Crippen LogP contribution in [0.4, 0.5) is 0 Å². The molecule has 3 unspecified atom stereocenters. The van der Waals surface area contributed by atoms with Gasteiger partial charge < -0.3 is 15.0 Å². The molecule has 25 heavy (non-hydrogen) atoms. The predicted octanol–water partition coefficient (Wildman–Crippen LogP) is 1.07. The molecule has 3 fully saturated rings. The quantitative estimate of drug-likeness (QED) is 0.883. The maximum Gasteiger partial charge on any atom is 0.270 e. The smallest absolute Gasteiger partial charge is 0.270 e. The summed E-state index contributed by atoms with van der Waals surface area (Å²) in [6.07, 6.45) is 6.21. The zero-order valence-corrected chi connectivity index (χ0v) is 14.5. The first kappa shape index (κ1) is 16.4. The fourth-order valence-electron chi connectivity index (χ4n) is 4.51. The monoisotopic (exact) mass is 344 g/mol. The fraction of sp³-hybridized carbons (Fsp3) is 0.667. The molecule has 0 aliphatic carbocycles. The molecule has 3 aliphatic heterocycles. The number of aryl methyl sites for hydroxylation is 1. The number of nitrogens with one attached hydrogen (secondary N) is 1. The van der Waals surface area contributed by atoms with Crippen molar-refractivity contribution >= 4 is 11.8 Å². The second kappa shape index (κ2) is 6.71. The van der Waals surface area contributed by atoms with Gasteiger partial charge in [0.25, 0.3) is 11.8 Å². The minimum atomic E-state index is -0.250. The van der Waals surface area contributed by atoms with E-state index in [9.17, 15) is 9.59 Å². The van der Waals surface area contributed by atoms with Crippen molar-refractivity contribution in [3.05, 3.63) is 23.8 Å². The van der Waals surface area contributed by atoms with Gasteiger partial charge in [-0.05, 0) is 51.0 Å². The van der Waals surface area contributed by atoms with Crippen LogP contribution in [-0.2, 0) is 9.53 Å². The highest BCUT2D eigenvalue weighted by atomic mass is 16.5. The summed E-state index contributed by atoms with van der Waals surface area (Å²) in [5, 5.41) is 2.98. The first-order valence-electron chi connectivity index (χ1n) is 9.15. The van der Waals surface area contributed by atoms with Crippen LogP contribution in [0.25, 0.3) is 0 Å². The van der Waals surface area contributed by atoms with Crippen molar-refractivity contribution in [1.82, 2.24) is 20.2 Å². The zero-order chi connectivity index (χ0) is 17.4. The summed E-state index contributed by atoms with van der Waals surface area (Å²) >= 11 is 0. The zero-order valence-electron chi connectivity index (χ0n) is 14.5. The molecule has 1 aromatic rings. The van der Waals surface area contributed by atoms with Crippen LogP contribution in [0.2, 0.25) is 0 Å². The number of amides is 2. The third-order valence-corrected chi connectivity index (χ3v) is 5.66. The third-order valence-electron chi connectivity index (χ3n) is 5.66. The number of hydrogen-bond acceptors (Lipinski definition) is 5. The lowest BCUT2D eigenvalue weighted by molar-refractivity contribution is -0.142. The molecule has 4 rings (SSSR count). The Balaban J connectivity index is 1.36. The molecule has 7 nitrogen and oxygen atoms in total. The predicted molar refractivity (Wildman–Crippen MR) is 89.8 cm³/mol. The summed E-state index contributed by atoms with van der Waals surface area (Å²) in [7, 11) is 0. The molecule has 0 radical (unpaired) electrons. The van der Waals surface area contributed by atoms with Crippen LogP contribution in [-0.4, -0.2) is 58.0 Å². The second-order valence-electron chi connectivity index (χ2n) is 7.24. The largest absolute Gasteiger partial charge is 0.368 e. The third kappa shape index (κ3) is 3.13. The van der Waals surface area contributed by atoms with E-state index in [1.807, 2.05) is 0 Å². The van der Waals surface area contributed by atoms with E-state index < -0.39 is 0 Å². The van der Waals surface area contributed by atoms with Gasteiger partial charge in [0.2, 0.25) is 0 Å². The van der Waals surface area contributed by atoms with Gasteiger partial charge in [-0.25, -0.2) is 9.97 Å². The van der Waals surface area contributed by atoms with E-state index in [2.05, 4.69) is 20.2 Å². The molecule has 0 saturated carbocycles. The Morgan fingerprint density at radius 3 is 3.00 bits per heavy atom. The summed E-state index contributed by atoms with van der Waals surface area (Å²) in [5.74, 6) is 0.882. The minimum Gasteiger partial charge on any atom is -0.368 e. The van der Waals surface area contributed by atoms with Crippen LogP contribution in [0.5, 0.6) is 0 Å². The van der Waals surface area contributed by atoms with Gasteiger partial charge in [-0.15, -0.1) is 0 Å². The summed E-state index contributed by atoms with van der Waals surface area (Å²) in [4.78, 5) is 35.3. The molecule has 0 spiro atoms. The molecule has 2 bridgehead atoms. The highest BCUT2D eigenvalue weighted by Crippen LogP contribution is 2.42. The molecule has 3 saturated heterocycles. The molecular formula is C18H24N4O3. The SMILES string of the molecule is Cc1nccc(C(=O)NCC2CC3CCC2N3C(=O)[C@@H]2CCCO2)n1. The lowest BCUT2D eigenvalue weighted by atomic mass is 9.89. The van der Waals surface area contributed by atoms with Crippen molar-refractivity contribution in [2.45, 2.75) is 57.2 Å². The maximum atomic E-state index is 12.7. The Hall–Kier alpha value is -2.02. The van der Waals surface area contributed by atoms with Crippen molar-refractivity contribution in [3.63, 3.8) is 0 Å². The Bertz CT molecular complexity index is 674. The summed E-state index contributed by atoms with van der Waals surface area (Å²) in [6.45, 7) is 3.04. The molecule has 7 heteroatoms. The molecule has 4 heterocycles. The number of carbonyl (C=O) groups excluding carboxylic acids is 2. The topological polar surface area (TPSA) is 84.4 Å². The van der Waals surface area contributed by atoms with Gasteiger partial charge in [-0.1, -0.05) is 0 Å². The van der Waals surface area contributed by atoms with E-state index in [-0.39, 0.29) is 24.0 Å². The second-order valence-corrected chi connectivity index (χ2v) is 7.24. The van der Waals surface area contributed by atoms with Crippen molar-refractivity contribution in [2.24, 2.45) is 5.92 Å². The average molecular weight is 344 g/mol. The Labute approximate surface area is 147 Å². The van der Waals surface area contributed by atoms with E-state index in [0.29, 0.717) is 36.6 Å². The van der Waals surface area contributed by atoms with Gasteiger partial charge in [0.15, 0.2) is 0 Å². The summed E-state index contributed by atoms with van der Waals surface area (Å²) in [5.41, 5.74) is 0.392. The van der Waals surface area contributed by atoms with Gasteiger partial charge in [0, 0.05) is 31.4 Å². The number of hydrogen-bond donors (Lipinski definition) is 1. The normalized spacial score (nSPS) is 30.7. The maximum absolute atomic E-state index is 12.7.